The number of amides is 1. The molecule has 0 bridgehead atoms. The smallest absolute Gasteiger partial charge is 0.407 e. The van der Waals surface area contributed by atoms with Crippen molar-refractivity contribution in [2.45, 2.75) is 6.61 Å². The summed E-state index contributed by atoms with van der Waals surface area (Å²) >= 11 is 6.28. The number of fused-ring (bicyclic) bond motifs is 1. The molecule has 2 aromatic heterocycles. The van der Waals surface area contributed by atoms with Crippen molar-refractivity contribution in [3.8, 4) is 0 Å². The standard InChI is InChI=1S/C19H18ClN3O5/c1-23-9-13(20)17-12(5-3-6-15(17)23)10-28-18(24)14-11-27-16(22-14)7-4-8-21-19(25)26-2/h3-7,9,11H,8,10H2,1-2H3,(H,21,25)/b7-4-. The molecule has 3 rings (SSSR count). The molecule has 28 heavy (non-hydrogen) atoms. The molecule has 0 saturated heterocycles. The molecule has 1 N–H and O–H groups in total. The summed E-state index contributed by atoms with van der Waals surface area (Å²) in [7, 11) is 3.17. The number of hydrogen-bond donors (Lipinski definition) is 1. The van der Waals surface area contributed by atoms with Gasteiger partial charge in [-0.15, -0.1) is 0 Å². The van der Waals surface area contributed by atoms with E-state index in [1.54, 1.807) is 6.08 Å². The number of benzene rings is 1. The van der Waals surface area contributed by atoms with Crippen molar-refractivity contribution < 1.29 is 23.5 Å². The molecule has 0 radical (unpaired) electrons. The maximum atomic E-state index is 12.2. The Morgan fingerprint density at radius 2 is 2.21 bits per heavy atom. The fourth-order valence-corrected chi connectivity index (χ4v) is 2.99. The molecule has 8 nitrogen and oxygen atoms in total. The van der Waals surface area contributed by atoms with Crippen molar-refractivity contribution in [1.29, 1.82) is 0 Å². The summed E-state index contributed by atoms with van der Waals surface area (Å²) in [5, 5.41) is 3.91. The molecule has 1 aromatic carbocycles. The Balaban J connectivity index is 1.61. The highest BCUT2D eigenvalue weighted by atomic mass is 35.5. The lowest BCUT2D eigenvalue weighted by Gasteiger charge is -2.05. The minimum Gasteiger partial charge on any atom is -0.456 e. The second kappa shape index (κ2) is 8.62. The van der Waals surface area contributed by atoms with Gasteiger partial charge in [0.25, 0.3) is 0 Å². The van der Waals surface area contributed by atoms with Crippen molar-refractivity contribution >= 4 is 40.6 Å². The zero-order valence-electron chi connectivity index (χ0n) is 15.3. The highest BCUT2D eigenvalue weighted by molar-refractivity contribution is 6.35. The summed E-state index contributed by atoms with van der Waals surface area (Å²) in [5.41, 5.74) is 1.80. The molecule has 0 spiro atoms. The monoisotopic (exact) mass is 403 g/mol. The third-order valence-electron chi connectivity index (χ3n) is 3.95. The van der Waals surface area contributed by atoms with Crippen LogP contribution in [0.25, 0.3) is 17.0 Å². The van der Waals surface area contributed by atoms with Crippen LogP contribution in [0.3, 0.4) is 0 Å². The molecule has 0 aliphatic heterocycles. The van der Waals surface area contributed by atoms with E-state index in [2.05, 4.69) is 15.0 Å². The highest BCUT2D eigenvalue weighted by Gasteiger charge is 2.15. The zero-order valence-corrected chi connectivity index (χ0v) is 16.0. The van der Waals surface area contributed by atoms with Gasteiger partial charge in [-0.1, -0.05) is 29.8 Å². The normalized spacial score (nSPS) is 11.1. The van der Waals surface area contributed by atoms with Gasteiger partial charge in [-0.2, -0.15) is 0 Å². The summed E-state index contributed by atoms with van der Waals surface area (Å²) in [4.78, 5) is 27.2. The van der Waals surface area contributed by atoms with Gasteiger partial charge in [-0.05, 0) is 12.1 Å². The first-order valence-corrected chi connectivity index (χ1v) is 8.71. The predicted molar refractivity (Wildman–Crippen MR) is 103 cm³/mol. The van der Waals surface area contributed by atoms with Gasteiger partial charge in [0.2, 0.25) is 5.89 Å². The highest BCUT2D eigenvalue weighted by Crippen LogP contribution is 2.29. The van der Waals surface area contributed by atoms with Crippen LogP contribution in [-0.2, 0) is 23.1 Å². The van der Waals surface area contributed by atoms with E-state index in [1.165, 1.54) is 19.4 Å². The fraction of sp³-hybridized carbons (Fsp3) is 0.211. The first-order chi connectivity index (χ1) is 13.5. The molecule has 0 fully saturated rings. The first-order valence-electron chi connectivity index (χ1n) is 8.33. The number of halogens is 1. The number of carbonyl (C=O) groups is 2. The van der Waals surface area contributed by atoms with Crippen molar-refractivity contribution in [2.24, 2.45) is 7.05 Å². The average Bonchev–Trinajstić information content (AvgIpc) is 3.28. The van der Waals surface area contributed by atoms with Gasteiger partial charge in [0, 0.05) is 36.3 Å². The number of nitrogens with zero attached hydrogens (tertiary/aromatic N) is 2. The lowest BCUT2D eigenvalue weighted by atomic mass is 10.1. The lowest BCUT2D eigenvalue weighted by Crippen LogP contribution is -2.22. The Hall–Kier alpha value is -3.26. The third-order valence-corrected chi connectivity index (χ3v) is 4.24. The number of carbonyl (C=O) groups excluding carboxylic acids is 2. The van der Waals surface area contributed by atoms with Crippen molar-refractivity contribution in [3.05, 3.63) is 58.9 Å². The number of rotatable bonds is 6. The van der Waals surface area contributed by atoms with E-state index in [9.17, 15) is 9.59 Å². The van der Waals surface area contributed by atoms with E-state index in [4.69, 9.17) is 20.8 Å². The number of nitrogens with one attached hydrogen (secondary N) is 1. The van der Waals surface area contributed by atoms with Gasteiger partial charge in [0.15, 0.2) is 5.69 Å². The predicted octanol–water partition coefficient (Wildman–Crippen LogP) is 3.55. The van der Waals surface area contributed by atoms with Crippen molar-refractivity contribution in [3.63, 3.8) is 0 Å². The Morgan fingerprint density at radius 3 is 3.00 bits per heavy atom. The Morgan fingerprint density at radius 1 is 1.39 bits per heavy atom. The first kappa shape index (κ1) is 19.5. The number of methoxy groups -OCH3 is 1. The quantitative estimate of drug-likeness (QED) is 0.632. The molecule has 146 valence electrons. The topological polar surface area (TPSA) is 95.6 Å². The maximum Gasteiger partial charge on any atom is 0.407 e. The van der Waals surface area contributed by atoms with Gasteiger partial charge < -0.3 is 23.8 Å². The van der Waals surface area contributed by atoms with E-state index >= 15 is 0 Å². The zero-order chi connectivity index (χ0) is 20.1. The van der Waals surface area contributed by atoms with Crippen LogP contribution in [0.1, 0.15) is 21.9 Å². The summed E-state index contributed by atoms with van der Waals surface area (Å²) in [6, 6.07) is 5.67. The van der Waals surface area contributed by atoms with Crippen LogP contribution in [0.15, 0.2) is 41.2 Å². The van der Waals surface area contributed by atoms with E-state index < -0.39 is 12.1 Å². The van der Waals surface area contributed by atoms with Crippen molar-refractivity contribution in [2.75, 3.05) is 13.7 Å². The molecule has 1 amide bonds. The van der Waals surface area contributed by atoms with Crippen LogP contribution < -0.4 is 5.32 Å². The van der Waals surface area contributed by atoms with Gasteiger partial charge in [-0.25, -0.2) is 14.6 Å². The molecule has 0 aliphatic carbocycles. The summed E-state index contributed by atoms with van der Waals surface area (Å²) < 4.78 is 16.9. The second-order valence-corrected chi connectivity index (χ2v) is 6.23. The molecule has 0 aliphatic rings. The number of aromatic nitrogens is 2. The molecular weight excluding hydrogens is 386 g/mol. The number of ether oxygens (including phenoxy) is 2. The number of esters is 1. The van der Waals surface area contributed by atoms with Gasteiger partial charge >= 0.3 is 12.1 Å². The van der Waals surface area contributed by atoms with Crippen LogP contribution in [-0.4, -0.2) is 35.3 Å². The molecule has 2 heterocycles. The molecule has 0 unspecified atom stereocenters. The fourth-order valence-electron chi connectivity index (χ4n) is 2.63. The molecule has 9 heteroatoms. The van der Waals surface area contributed by atoms with Crippen LogP contribution >= 0.6 is 11.6 Å². The number of hydrogen-bond acceptors (Lipinski definition) is 6. The maximum absolute atomic E-state index is 12.2. The number of oxazole rings is 1. The largest absolute Gasteiger partial charge is 0.456 e. The Bertz CT molecular complexity index is 1040. The Kier molecular flexibility index (Phi) is 6.00. The minimum absolute atomic E-state index is 0.0481. The minimum atomic E-state index is -0.611. The molecule has 3 aromatic rings. The SMILES string of the molecule is COC(=O)NC/C=C\c1nc(C(=O)OCc2cccc3c2c(Cl)cn3C)co1. The summed E-state index contributed by atoms with van der Waals surface area (Å²) in [6.45, 7) is 0.289. The Labute approximate surface area is 165 Å². The molecule has 0 atom stereocenters. The van der Waals surface area contributed by atoms with Crippen molar-refractivity contribution in [1.82, 2.24) is 14.9 Å². The van der Waals surface area contributed by atoms with Crippen LogP contribution in [0.5, 0.6) is 0 Å². The average molecular weight is 404 g/mol. The van der Waals surface area contributed by atoms with E-state index in [1.807, 2.05) is 36.0 Å². The van der Waals surface area contributed by atoms with Gasteiger partial charge in [0.1, 0.15) is 12.9 Å². The van der Waals surface area contributed by atoms with Crippen LogP contribution in [0.2, 0.25) is 5.02 Å². The van der Waals surface area contributed by atoms with E-state index in [0.29, 0.717) is 5.02 Å². The lowest BCUT2D eigenvalue weighted by molar-refractivity contribution is 0.0467. The molecular formula is C19H18ClN3O5. The third kappa shape index (κ3) is 4.34. The van der Waals surface area contributed by atoms with Crippen LogP contribution in [0, 0.1) is 0 Å². The number of alkyl carbamates (subject to hydrolysis) is 1. The van der Waals surface area contributed by atoms with Gasteiger partial charge in [-0.3, -0.25) is 0 Å². The van der Waals surface area contributed by atoms with E-state index in [-0.39, 0.29) is 24.7 Å². The second-order valence-electron chi connectivity index (χ2n) is 5.82. The van der Waals surface area contributed by atoms with Gasteiger partial charge in [0.05, 0.1) is 12.1 Å². The molecule has 0 saturated carbocycles. The van der Waals surface area contributed by atoms with E-state index in [0.717, 1.165) is 16.5 Å². The summed E-state index contributed by atoms with van der Waals surface area (Å²) in [5.74, 6) is -0.396. The number of aryl methyl sites for hydroxylation is 1. The van der Waals surface area contributed by atoms with Crippen LogP contribution in [0.4, 0.5) is 4.79 Å². The summed E-state index contributed by atoms with van der Waals surface area (Å²) in [6.07, 6.45) is 5.61.